The predicted molar refractivity (Wildman–Crippen MR) is 136 cm³/mol. The Labute approximate surface area is 220 Å². The summed E-state index contributed by atoms with van der Waals surface area (Å²) < 4.78 is 17.9. The molecule has 2 aromatic rings. The first-order valence-electron chi connectivity index (χ1n) is 12.2. The number of hydrogen-bond acceptors (Lipinski definition) is 9. The second kappa shape index (κ2) is 13.4. The zero-order valence-electron chi connectivity index (χ0n) is 21.3. The first kappa shape index (κ1) is 29.2. The molecule has 0 saturated carbocycles. The fourth-order valence-corrected chi connectivity index (χ4v) is 5.01. The van der Waals surface area contributed by atoms with Crippen LogP contribution in [0.4, 0.5) is 4.79 Å². The number of hydrogen-bond donors (Lipinski definition) is 3. The van der Waals surface area contributed by atoms with E-state index in [1.165, 1.54) is 16.0 Å². The molecule has 3 rings (SSSR count). The number of nitrogens with one attached hydrogen (secondary N) is 1. The highest BCUT2D eigenvalue weighted by Gasteiger charge is 2.36. The maximum Gasteiger partial charge on any atom is 0.525 e. The van der Waals surface area contributed by atoms with Gasteiger partial charge in [-0.05, 0) is 19.4 Å². The van der Waals surface area contributed by atoms with Crippen LogP contribution in [0.5, 0.6) is 0 Å². The molecule has 2 heterocycles. The molecule has 1 saturated heterocycles. The van der Waals surface area contributed by atoms with Gasteiger partial charge in [-0.15, -0.1) is 5.06 Å². The molecule has 1 aromatic carbocycles. The second-order valence-electron chi connectivity index (χ2n) is 8.73. The number of nitrogens with zero attached hydrogens (tertiary/aromatic N) is 4. The Morgan fingerprint density at radius 3 is 2.45 bits per heavy atom. The lowest BCUT2D eigenvalue weighted by molar-refractivity contribution is -0.154. The average Bonchev–Trinajstić information content (AvgIpc) is 2.88. The van der Waals surface area contributed by atoms with Gasteiger partial charge in [0.2, 0.25) is 5.91 Å². The van der Waals surface area contributed by atoms with Crippen molar-refractivity contribution < 1.29 is 38.3 Å². The summed E-state index contributed by atoms with van der Waals surface area (Å²) in [6, 6.07) is 9.14. The number of benzene rings is 1. The van der Waals surface area contributed by atoms with Crippen LogP contribution in [0.1, 0.15) is 35.9 Å². The molecule has 1 aliphatic rings. The third kappa shape index (κ3) is 8.59. The number of aromatic nitrogens is 2. The van der Waals surface area contributed by atoms with Crippen molar-refractivity contribution in [3.05, 3.63) is 47.8 Å². The number of amides is 2. The summed E-state index contributed by atoms with van der Waals surface area (Å²) in [6.45, 7) is 4.04. The van der Waals surface area contributed by atoms with Crippen LogP contribution in [0.2, 0.25) is 0 Å². The van der Waals surface area contributed by atoms with Crippen LogP contribution >= 0.6 is 7.60 Å². The highest BCUT2D eigenvalue weighted by Crippen LogP contribution is 2.42. The van der Waals surface area contributed by atoms with Gasteiger partial charge in [-0.3, -0.25) is 14.2 Å². The number of carbonyl (C=O) groups is 3. The topological polar surface area (TPSA) is 171 Å². The zero-order valence-corrected chi connectivity index (χ0v) is 22.2. The van der Waals surface area contributed by atoms with Gasteiger partial charge in [-0.1, -0.05) is 43.7 Å². The maximum atomic E-state index is 13.4. The molecule has 0 radical (unpaired) electrons. The van der Waals surface area contributed by atoms with Gasteiger partial charge in [-0.25, -0.2) is 14.8 Å². The van der Waals surface area contributed by atoms with E-state index < -0.39 is 37.8 Å². The fourth-order valence-electron chi connectivity index (χ4n) is 3.78. The standard InChI is InChI=1S/C24H32N5O8P/c1-3-4-14-36-38(34,35)16-20(23(31)28-10-12-29(13-11-28)37-24(32)33)27-22(30)19-15-17(2)25-21(26-19)18-8-6-5-7-9-18/h5-9,15,20H,3-4,10-14,16H2,1-2H3,(H,27,30)(H,32,33)(H,34,35)/t20-/m0/s1. The summed E-state index contributed by atoms with van der Waals surface area (Å²) in [5, 5.41) is 12.5. The lowest BCUT2D eigenvalue weighted by Gasteiger charge is -2.35. The lowest BCUT2D eigenvalue weighted by Crippen LogP contribution is -2.56. The van der Waals surface area contributed by atoms with Gasteiger partial charge in [0.15, 0.2) is 5.82 Å². The van der Waals surface area contributed by atoms with Gasteiger partial charge in [-0.2, -0.15) is 0 Å². The van der Waals surface area contributed by atoms with Crippen LogP contribution in [-0.2, 0) is 18.7 Å². The molecule has 38 heavy (non-hydrogen) atoms. The van der Waals surface area contributed by atoms with Gasteiger partial charge in [0.25, 0.3) is 5.91 Å². The second-order valence-corrected chi connectivity index (χ2v) is 10.6. The minimum Gasteiger partial charge on any atom is -0.448 e. The van der Waals surface area contributed by atoms with Gasteiger partial charge >= 0.3 is 13.8 Å². The Balaban J connectivity index is 1.80. The minimum absolute atomic E-state index is 0.00601. The fraction of sp³-hybridized carbons (Fsp3) is 0.458. The first-order valence-corrected chi connectivity index (χ1v) is 14.0. The number of hydroxylamine groups is 2. The first-order chi connectivity index (χ1) is 18.1. The molecule has 206 valence electrons. The molecule has 2 atom stereocenters. The molecule has 3 N–H and O–H groups in total. The van der Waals surface area contributed by atoms with Crippen molar-refractivity contribution in [2.24, 2.45) is 0 Å². The van der Waals surface area contributed by atoms with E-state index >= 15 is 0 Å². The van der Waals surface area contributed by atoms with Crippen molar-refractivity contribution in [2.75, 3.05) is 38.9 Å². The molecule has 1 aliphatic heterocycles. The quantitative estimate of drug-likeness (QED) is 0.277. The Morgan fingerprint density at radius 2 is 1.82 bits per heavy atom. The molecule has 1 unspecified atom stereocenters. The van der Waals surface area contributed by atoms with Crippen LogP contribution in [0.15, 0.2) is 36.4 Å². The van der Waals surface area contributed by atoms with Crippen LogP contribution in [-0.4, -0.2) is 92.9 Å². The van der Waals surface area contributed by atoms with Crippen molar-refractivity contribution in [2.45, 2.75) is 32.7 Å². The number of carbonyl (C=O) groups excluding carboxylic acids is 2. The third-order valence-electron chi connectivity index (χ3n) is 5.68. The molecule has 13 nitrogen and oxygen atoms in total. The van der Waals surface area contributed by atoms with Crippen molar-refractivity contribution >= 4 is 25.6 Å². The van der Waals surface area contributed by atoms with E-state index in [4.69, 9.17) is 9.63 Å². The van der Waals surface area contributed by atoms with Crippen molar-refractivity contribution in [1.29, 1.82) is 0 Å². The van der Waals surface area contributed by atoms with Crippen molar-refractivity contribution in [1.82, 2.24) is 25.2 Å². The monoisotopic (exact) mass is 549 g/mol. The molecule has 2 amide bonds. The average molecular weight is 550 g/mol. The third-order valence-corrected chi connectivity index (χ3v) is 7.10. The minimum atomic E-state index is -4.24. The van der Waals surface area contributed by atoms with E-state index in [9.17, 15) is 23.8 Å². The van der Waals surface area contributed by atoms with E-state index in [0.717, 1.165) is 6.42 Å². The van der Waals surface area contributed by atoms with Crippen molar-refractivity contribution in [3.63, 3.8) is 0 Å². The van der Waals surface area contributed by atoms with E-state index in [1.807, 2.05) is 25.1 Å². The van der Waals surface area contributed by atoms with E-state index in [2.05, 4.69) is 20.1 Å². The van der Waals surface area contributed by atoms with Gasteiger partial charge in [0, 0.05) is 24.3 Å². The number of unbranched alkanes of at least 4 members (excludes halogenated alkanes) is 1. The molecule has 14 heteroatoms. The summed E-state index contributed by atoms with van der Waals surface area (Å²) in [7, 11) is -4.24. The van der Waals surface area contributed by atoms with Gasteiger partial charge in [0.1, 0.15) is 11.7 Å². The van der Waals surface area contributed by atoms with Crippen LogP contribution < -0.4 is 5.32 Å². The molecule has 0 bridgehead atoms. The molecule has 0 aliphatic carbocycles. The molecule has 0 spiro atoms. The largest absolute Gasteiger partial charge is 0.525 e. The number of aryl methyl sites for hydroxylation is 1. The molecular formula is C24H32N5O8P. The van der Waals surface area contributed by atoms with Gasteiger partial charge in [0.05, 0.1) is 25.9 Å². The van der Waals surface area contributed by atoms with Gasteiger partial charge < -0.3 is 29.6 Å². The van der Waals surface area contributed by atoms with Crippen LogP contribution in [0.3, 0.4) is 0 Å². The zero-order chi connectivity index (χ0) is 27.7. The molecule has 1 fully saturated rings. The van der Waals surface area contributed by atoms with Crippen molar-refractivity contribution in [3.8, 4) is 11.4 Å². The van der Waals surface area contributed by atoms with E-state index in [-0.39, 0.29) is 38.5 Å². The SMILES string of the molecule is CCCCOP(=O)(O)C[C@H](NC(=O)c1cc(C)nc(-c2ccccc2)n1)C(=O)N1CCN(OC(=O)O)CC1. The summed E-state index contributed by atoms with van der Waals surface area (Å²) in [5.74, 6) is -0.993. The number of piperazine rings is 1. The molecule has 1 aromatic heterocycles. The number of rotatable bonds is 11. The Bertz CT molecular complexity index is 1170. The highest BCUT2D eigenvalue weighted by atomic mass is 31.2. The summed E-state index contributed by atoms with van der Waals surface area (Å²) in [5.41, 5.74) is 1.22. The maximum absolute atomic E-state index is 13.4. The molecular weight excluding hydrogens is 517 g/mol. The summed E-state index contributed by atoms with van der Waals surface area (Å²) >= 11 is 0. The van der Waals surface area contributed by atoms with Crippen LogP contribution in [0, 0.1) is 6.92 Å². The predicted octanol–water partition coefficient (Wildman–Crippen LogP) is 2.31. The Kier molecular flexibility index (Phi) is 10.3. The van der Waals surface area contributed by atoms with E-state index in [0.29, 0.717) is 23.5 Å². The normalized spacial score (nSPS) is 16.3. The lowest BCUT2D eigenvalue weighted by atomic mass is 10.2. The number of carboxylic acid groups (broad SMARTS) is 1. The summed E-state index contributed by atoms with van der Waals surface area (Å²) in [4.78, 5) is 62.5. The Hall–Kier alpha value is -3.38. The Morgan fingerprint density at radius 1 is 1.13 bits per heavy atom. The highest BCUT2D eigenvalue weighted by molar-refractivity contribution is 7.52. The van der Waals surface area contributed by atoms with E-state index in [1.54, 1.807) is 19.1 Å². The smallest absolute Gasteiger partial charge is 0.448 e. The summed E-state index contributed by atoms with van der Waals surface area (Å²) in [6.07, 6.45) is -0.791. The van der Waals surface area contributed by atoms with Crippen LogP contribution in [0.25, 0.3) is 11.4 Å².